The van der Waals surface area contributed by atoms with Gasteiger partial charge in [0, 0.05) is 60.5 Å². The molecular weight excluding hydrogens is 523 g/mol. The van der Waals surface area contributed by atoms with Crippen molar-refractivity contribution in [1.29, 1.82) is 0 Å². The van der Waals surface area contributed by atoms with E-state index in [0.29, 0.717) is 74.7 Å². The summed E-state index contributed by atoms with van der Waals surface area (Å²) in [5.74, 6) is -0.000361. The number of nitrogens with zero attached hydrogens (tertiary/aromatic N) is 3. The Bertz CT molecular complexity index is 1940. The maximum atomic E-state index is 13.7. The number of anilines is 1. The second kappa shape index (κ2) is 9.71. The molecule has 41 heavy (non-hydrogen) atoms. The highest BCUT2D eigenvalue weighted by Gasteiger charge is 2.29. The Morgan fingerprint density at radius 3 is 2.51 bits per heavy atom. The van der Waals surface area contributed by atoms with E-state index in [1.165, 1.54) is 12.1 Å². The highest BCUT2D eigenvalue weighted by molar-refractivity contribution is 6.13. The number of carbonyl (C=O) groups excluding carboxylic acids is 2. The van der Waals surface area contributed by atoms with Crippen LogP contribution in [0.2, 0.25) is 0 Å². The zero-order valence-electron chi connectivity index (χ0n) is 22.0. The summed E-state index contributed by atoms with van der Waals surface area (Å²) in [6, 6.07) is 18.8. The number of halogens is 1. The predicted molar refractivity (Wildman–Crippen MR) is 153 cm³/mol. The van der Waals surface area contributed by atoms with Gasteiger partial charge < -0.3 is 19.1 Å². The first-order valence-electron chi connectivity index (χ1n) is 13.2. The largest absolute Gasteiger partial charge is 0.455 e. The number of benzene rings is 3. The average molecular weight is 547 g/mol. The number of amides is 2. The van der Waals surface area contributed by atoms with Crippen LogP contribution in [0.25, 0.3) is 56.0 Å². The first kappa shape index (κ1) is 24.7. The number of pyridine rings is 1. The van der Waals surface area contributed by atoms with Gasteiger partial charge in [-0.1, -0.05) is 12.1 Å². The highest BCUT2D eigenvalue weighted by Crippen LogP contribution is 2.42. The SMILES string of the molecule is CNC(=O)c1c(-c2ccc(F)cc2)oc2cc(N3CCCC3=O)c(-c3cncc(-c4nc5ccccc5o4)c3)cc12. The van der Waals surface area contributed by atoms with Gasteiger partial charge in [-0.05, 0) is 55.0 Å². The van der Waals surface area contributed by atoms with Crippen LogP contribution in [-0.4, -0.2) is 35.4 Å². The van der Waals surface area contributed by atoms with Gasteiger partial charge in [0.25, 0.3) is 5.91 Å². The summed E-state index contributed by atoms with van der Waals surface area (Å²) >= 11 is 0. The van der Waals surface area contributed by atoms with Crippen LogP contribution < -0.4 is 10.2 Å². The van der Waals surface area contributed by atoms with Gasteiger partial charge >= 0.3 is 0 Å². The predicted octanol–water partition coefficient (Wildman–Crippen LogP) is 6.60. The van der Waals surface area contributed by atoms with E-state index in [0.717, 1.165) is 11.9 Å². The van der Waals surface area contributed by atoms with Crippen molar-refractivity contribution in [1.82, 2.24) is 15.3 Å². The lowest BCUT2D eigenvalue weighted by molar-refractivity contribution is -0.117. The number of nitrogens with one attached hydrogen (secondary N) is 1. The second-order valence-corrected chi connectivity index (χ2v) is 9.86. The van der Waals surface area contributed by atoms with Crippen molar-refractivity contribution in [3.05, 3.63) is 90.5 Å². The van der Waals surface area contributed by atoms with Crippen LogP contribution >= 0.6 is 0 Å². The molecule has 7 rings (SSSR count). The third-order valence-electron chi connectivity index (χ3n) is 7.32. The van der Waals surface area contributed by atoms with Crippen molar-refractivity contribution in [2.45, 2.75) is 12.8 Å². The lowest BCUT2D eigenvalue weighted by Crippen LogP contribution is -2.24. The van der Waals surface area contributed by atoms with Gasteiger partial charge in [0.2, 0.25) is 11.8 Å². The molecule has 8 nitrogen and oxygen atoms in total. The normalized spacial score (nSPS) is 13.4. The number of carbonyl (C=O) groups is 2. The van der Waals surface area contributed by atoms with Gasteiger partial charge in [0.05, 0.1) is 16.8 Å². The summed E-state index contributed by atoms with van der Waals surface area (Å²) in [6.07, 6.45) is 4.56. The molecule has 1 N–H and O–H groups in total. The zero-order chi connectivity index (χ0) is 28.1. The van der Waals surface area contributed by atoms with Crippen molar-refractivity contribution >= 4 is 39.6 Å². The lowest BCUT2D eigenvalue weighted by atomic mass is 9.98. The van der Waals surface area contributed by atoms with Crippen LogP contribution in [-0.2, 0) is 4.79 Å². The van der Waals surface area contributed by atoms with Crippen LogP contribution in [0.1, 0.15) is 23.2 Å². The van der Waals surface area contributed by atoms with E-state index in [4.69, 9.17) is 8.83 Å². The smallest absolute Gasteiger partial charge is 0.255 e. The molecule has 1 saturated heterocycles. The van der Waals surface area contributed by atoms with E-state index in [9.17, 15) is 14.0 Å². The molecule has 0 bridgehead atoms. The number of furan rings is 1. The quantitative estimate of drug-likeness (QED) is 0.262. The van der Waals surface area contributed by atoms with E-state index >= 15 is 0 Å². The maximum absolute atomic E-state index is 13.7. The number of rotatable bonds is 5. The zero-order valence-corrected chi connectivity index (χ0v) is 22.0. The Hall–Kier alpha value is -5.31. The van der Waals surface area contributed by atoms with Crippen molar-refractivity contribution in [2.75, 3.05) is 18.5 Å². The van der Waals surface area contributed by atoms with Gasteiger partial charge in [-0.15, -0.1) is 0 Å². The van der Waals surface area contributed by atoms with Crippen LogP contribution in [0.3, 0.4) is 0 Å². The summed E-state index contributed by atoms with van der Waals surface area (Å²) in [4.78, 5) is 36.9. The van der Waals surface area contributed by atoms with E-state index in [1.807, 2.05) is 36.4 Å². The van der Waals surface area contributed by atoms with Gasteiger partial charge in [-0.3, -0.25) is 14.6 Å². The lowest BCUT2D eigenvalue weighted by Gasteiger charge is -2.20. The number of aromatic nitrogens is 2. The van der Waals surface area contributed by atoms with Gasteiger partial charge in [0.15, 0.2) is 5.58 Å². The second-order valence-electron chi connectivity index (χ2n) is 9.86. The fraction of sp³-hybridized carbons (Fsp3) is 0.125. The van der Waals surface area contributed by atoms with Gasteiger partial charge in [-0.2, -0.15) is 0 Å². The molecule has 6 aromatic rings. The van der Waals surface area contributed by atoms with E-state index in [2.05, 4.69) is 15.3 Å². The molecule has 0 atom stereocenters. The molecule has 2 amide bonds. The molecule has 0 spiro atoms. The molecule has 0 aliphatic carbocycles. The Morgan fingerprint density at radius 2 is 1.76 bits per heavy atom. The van der Waals surface area contributed by atoms with Crippen LogP contribution in [0.4, 0.5) is 10.1 Å². The maximum Gasteiger partial charge on any atom is 0.255 e. The summed E-state index contributed by atoms with van der Waals surface area (Å²) in [5.41, 5.74) is 5.45. The fourth-order valence-corrected chi connectivity index (χ4v) is 5.34. The van der Waals surface area contributed by atoms with Crippen LogP contribution in [0, 0.1) is 5.82 Å². The number of fused-ring (bicyclic) bond motifs is 2. The Labute approximate surface area is 233 Å². The molecule has 3 aromatic carbocycles. The number of oxazole rings is 1. The summed E-state index contributed by atoms with van der Waals surface area (Å²) in [6.45, 7) is 0.559. The summed E-state index contributed by atoms with van der Waals surface area (Å²) < 4.78 is 25.9. The molecule has 0 unspecified atom stereocenters. The molecule has 1 aliphatic heterocycles. The summed E-state index contributed by atoms with van der Waals surface area (Å²) in [5, 5.41) is 3.25. The van der Waals surface area contributed by atoms with Crippen LogP contribution in [0.15, 0.2) is 88.0 Å². The van der Waals surface area contributed by atoms with Crippen molar-refractivity contribution in [2.24, 2.45) is 0 Å². The number of para-hydroxylation sites is 2. The molecule has 0 saturated carbocycles. The minimum absolute atomic E-state index is 0.00510. The van der Waals surface area contributed by atoms with E-state index < -0.39 is 5.82 Å². The third kappa shape index (κ3) is 4.22. The van der Waals surface area contributed by atoms with Gasteiger partial charge in [-0.25, -0.2) is 9.37 Å². The molecule has 1 aliphatic rings. The molecular formula is C32H23FN4O4. The average Bonchev–Trinajstić information content (AvgIpc) is 3.73. The van der Waals surface area contributed by atoms with Gasteiger partial charge in [0.1, 0.15) is 22.7 Å². The molecule has 3 aromatic heterocycles. The topological polar surface area (TPSA) is 101 Å². The Balaban J connectivity index is 1.45. The molecule has 1 fully saturated rings. The van der Waals surface area contributed by atoms with E-state index in [-0.39, 0.29) is 11.8 Å². The fourth-order valence-electron chi connectivity index (χ4n) is 5.34. The highest BCUT2D eigenvalue weighted by atomic mass is 19.1. The first-order chi connectivity index (χ1) is 20.0. The molecule has 202 valence electrons. The minimum atomic E-state index is -0.394. The van der Waals surface area contributed by atoms with Crippen molar-refractivity contribution in [3.63, 3.8) is 0 Å². The third-order valence-corrected chi connectivity index (χ3v) is 7.32. The molecule has 9 heteroatoms. The van der Waals surface area contributed by atoms with E-state index in [1.54, 1.807) is 42.5 Å². The molecule has 4 heterocycles. The van der Waals surface area contributed by atoms with Crippen molar-refractivity contribution < 1.29 is 22.8 Å². The summed E-state index contributed by atoms with van der Waals surface area (Å²) in [7, 11) is 1.54. The monoisotopic (exact) mass is 546 g/mol. The molecule has 0 radical (unpaired) electrons. The standard InChI is InChI=1S/C32H23FN4O4/c1-34-31(39)29-23-14-22(19-13-20(17-35-16-19)32-36-24-5-2-3-6-26(24)41-32)25(37-12-4-7-28(37)38)15-27(23)40-30(29)18-8-10-21(33)11-9-18/h2-3,5-6,8-11,13-17H,4,7,12H2,1H3,(H,34,39). The Morgan fingerprint density at radius 1 is 0.951 bits per heavy atom. The number of hydrogen-bond donors (Lipinski definition) is 1. The van der Waals surface area contributed by atoms with Crippen LogP contribution in [0.5, 0.6) is 0 Å². The number of hydrogen-bond acceptors (Lipinski definition) is 6. The minimum Gasteiger partial charge on any atom is -0.455 e. The first-order valence-corrected chi connectivity index (χ1v) is 13.2. The Kier molecular flexibility index (Phi) is 5.85. The van der Waals surface area contributed by atoms with Crippen molar-refractivity contribution in [3.8, 4) is 33.9 Å².